The zero-order chi connectivity index (χ0) is 13.1. The second-order valence-electron chi connectivity index (χ2n) is 5.04. The average Bonchev–Trinajstić information content (AvgIpc) is 2.35. The molecule has 1 aromatic rings. The van der Waals surface area contributed by atoms with E-state index in [1.165, 1.54) is 31.7 Å². The van der Waals surface area contributed by atoms with E-state index in [0.717, 1.165) is 24.7 Å². The fraction of sp³-hybridized carbons (Fsp3) is 0.571. The summed E-state index contributed by atoms with van der Waals surface area (Å²) in [7, 11) is 0. The Hall–Kier alpha value is -0.960. The minimum Gasteiger partial charge on any atom is -0.397 e. The van der Waals surface area contributed by atoms with Crippen molar-refractivity contribution < 1.29 is 4.39 Å². The van der Waals surface area contributed by atoms with Crippen molar-refractivity contribution in [3.05, 3.63) is 23.0 Å². The molecule has 1 heterocycles. The van der Waals surface area contributed by atoms with Crippen LogP contribution in [-0.2, 0) is 0 Å². The Morgan fingerprint density at radius 2 is 2.06 bits per heavy atom. The van der Waals surface area contributed by atoms with Crippen molar-refractivity contribution in [1.29, 1.82) is 0 Å². The molecular formula is C14H20ClFN2. The number of rotatable bonds is 3. The summed E-state index contributed by atoms with van der Waals surface area (Å²) in [6.07, 6.45) is 4.91. The smallest absolute Gasteiger partial charge is 0.143 e. The minimum atomic E-state index is -0.446. The average molecular weight is 271 g/mol. The van der Waals surface area contributed by atoms with E-state index in [9.17, 15) is 4.39 Å². The Morgan fingerprint density at radius 1 is 1.39 bits per heavy atom. The number of hydrogen-bond donors (Lipinski definition) is 1. The molecule has 18 heavy (non-hydrogen) atoms. The normalized spacial score (nSPS) is 17.2. The van der Waals surface area contributed by atoms with Gasteiger partial charge in [0.15, 0.2) is 0 Å². The zero-order valence-electron chi connectivity index (χ0n) is 10.8. The third-order valence-corrected chi connectivity index (χ3v) is 4.01. The number of anilines is 2. The van der Waals surface area contributed by atoms with Gasteiger partial charge in [-0.15, -0.1) is 0 Å². The van der Waals surface area contributed by atoms with Gasteiger partial charge in [-0.3, -0.25) is 0 Å². The van der Waals surface area contributed by atoms with Crippen molar-refractivity contribution in [3.63, 3.8) is 0 Å². The molecular weight excluding hydrogens is 251 g/mol. The van der Waals surface area contributed by atoms with Gasteiger partial charge in [-0.2, -0.15) is 0 Å². The Balaban J connectivity index is 2.07. The summed E-state index contributed by atoms with van der Waals surface area (Å²) in [5.41, 5.74) is 7.22. The fourth-order valence-corrected chi connectivity index (χ4v) is 2.85. The van der Waals surface area contributed by atoms with E-state index >= 15 is 0 Å². The summed E-state index contributed by atoms with van der Waals surface area (Å²) >= 11 is 5.83. The summed E-state index contributed by atoms with van der Waals surface area (Å²) in [6.45, 7) is 4.19. The first-order valence-electron chi connectivity index (χ1n) is 6.61. The van der Waals surface area contributed by atoms with E-state index in [0.29, 0.717) is 5.69 Å². The predicted molar refractivity (Wildman–Crippen MR) is 75.7 cm³/mol. The molecule has 0 atom stereocenters. The Morgan fingerprint density at radius 3 is 2.67 bits per heavy atom. The lowest BCUT2D eigenvalue weighted by Gasteiger charge is -2.34. The third kappa shape index (κ3) is 2.89. The number of piperidine rings is 1. The van der Waals surface area contributed by atoms with Crippen molar-refractivity contribution in [1.82, 2.24) is 0 Å². The van der Waals surface area contributed by atoms with Gasteiger partial charge in [0.1, 0.15) is 5.82 Å². The van der Waals surface area contributed by atoms with Gasteiger partial charge in [0.2, 0.25) is 0 Å². The second-order valence-corrected chi connectivity index (χ2v) is 5.45. The largest absolute Gasteiger partial charge is 0.397 e. The molecule has 1 saturated heterocycles. The van der Waals surface area contributed by atoms with Gasteiger partial charge in [-0.05, 0) is 24.8 Å². The first kappa shape index (κ1) is 13.5. The van der Waals surface area contributed by atoms with Gasteiger partial charge in [-0.25, -0.2) is 4.39 Å². The van der Waals surface area contributed by atoms with Gasteiger partial charge in [-0.1, -0.05) is 31.4 Å². The molecule has 1 aromatic carbocycles. The highest BCUT2D eigenvalue weighted by atomic mass is 35.5. The minimum absolute atomic E-state index is 0.148. The van der Waals surface area contributed by atoms with Gasteiger partial charge < -0.3 is 10.6 Å². The molecule has 0 unspecified atom stereocenters. The zero-order valence-corrected chi connectivity index (χ0v) is 11.5. The number of nitrogens with zero attached hydrogens (tertiary/aromatic N) is 1. The molecule has 2 N–H and O–H groups in total. The molecule has 0 amide bonds. The van der Waals surface area contributed by atoms with E-state index in [1.54, 1.807) is 6.07 Å². The van der Waals surface area contributed by atoms with Crippen LogP contribution in [0.4, 0.5) is 15.8 Å². The summed E-state index contributed by atoms with van der Waals surface area (Å²) in [6, 6.07) is 2.96. The number of hydrogen-bond acceptors (Lipinski definition) is 2. The van der Waals surface area contributed by atoms with Crippen LogP contribution in [-0.4, -0.2) is 13.1 Å². The molecule has 100 valence electrons. The molecule has 0 saturated carbocycles. The van der Waals surface area contributed by atoms with Crippen molar-refractivity contribution in [3.8, 4) is 0 Å². The van der Waals surface area contributed by atoms with E-state index in [4.69, 9.17) is 17.3 Å². The molecule has 0 radical (unpaired) electrons. The standard InChI is InChI=1S/C14H20ClFN2/c1-2-3-10-4-6-18(7-5-10)14-8-11(15)12(16)9-13(14)17/h8-10H,2-7,17H2,1H3. The Bertz CT molecular complexity index is 415. The molecule has 4 heteroatoms. The van der Waals surface area contributed by atoms with Crippen LogP contribution in [0.1, 0.15) is 32.6 Å². The quantitative estimate of drug-likeness (QED) is 0.839. The van der Waals surface area contributed by atoms with Gasteiger partial charge in [0, 0.05) is 19.2 Å². The van der Waals surface area contributed by atoms with Crippen LogP contribution in [0.3, 0.4) is 0 Å². The topological polar surface area (TPSA) is 29.3 Å². The predicted octanol–water partition coefficient (Wildman–Crippen LogP) is 4.08. The lowest BCUT2D eigenvalue weighted by Crippen LogP contribution is -2.34. The number of nitrogen functional groups attached to an aromatic ring is 1. The summed E-state index contributed by atoms with van der Waals surface area (Å²) in [5.74, 6) is 0.377. The van der Waals surface area contributed by atoms with Crippen LogP contribution < -0.4 is 10.6 Å². The van der Waals surface area contributed by atoms with E-state index in [1.807, 2.05) is 0 Å². The van der Waals surface area contributed by atoms with Crippen molar-refractivity contribution in [2.24, 2.45) is 5.92 Å². The maximum atomic E-state index is 13.3. The monoisotopic (exact) mass is 270 g/mol. The van der Waals surface area contributed by atoms with Gasteiger partial charge in [0.25, 0.3) is 0 Å². The molecule has 2 rings (SSSR count). The fourth-order valence-electron chi connectivity index (χ4n) is 2.70. The molecule has 0 bridgehead atoms. The maximum Gasteiger partial charge on any atom is 0.143 e. The van der Waals surface area contributed by atoms with Crippen LogP contribution in [0.2, 0.25) is 5.02 Å². The van der Waals surface area contributed by atoms with E-state index in [2.05, 4.69) is 11.8 Å². The van der Waals surface area contributed by atoms with E-state index in [-0.39, 0.29) is 5.02 Å². The van der Waals surface area contributed by atoms with Crippen LogP contribution in [0, 0.1) is 11.7 Å². The first-order valence-corrected chi connectivity index (χ1v) is 6.99. The first-order chi connectivity index (χ1) is 8.61. The molecule has 2 nitrogen and oxygen atoms in total. The highest BCUT2D eigenvalue weighted by molar-refractivity contribution is 6.31. The summed E-state index contributed by atoms with van der Waals surface area (Å²) < 4.78 is 13.3. The lowest BCUT2D eigenvalue weighted by atomic mass is 9.92. The van der Waals surface area contributed by atoms with Crippen LogP contribution in [0.25, 0.3) is 0 Å². The molecule has 1 aliphatic heterocycles. The van der Waals surface area contributed by atoms with Crippen LogP contribution in [0.5, 0.6) is 0 Å². The van der Waals surface area contributed by atoms with Crippen molar-refractivity contribution in [2.75, 3.05) is 23.7 Å². The lowest BCUT2D eigenvalue weighted by molar-refractivity contribution is 0.378. The van der Waals surface area contributed by atoms with E-state index < -0.39 is 5.82 Å². The number of benzene rings is 1. The highest BCUT2D eigenvalue weighted by Gasteiger charge is 2.20. The molecule has 0 aliphatic carbocycles. The van der Waals surface area contributed by atoms with Crippen molar-refractivity contribution >= 4 is 23.0 Å². The SMILES string of the molecule is CCCC1CCN(c2cc(Cl)c(F)cc2N)CC1. The van der Waals surface area contributed by atoms with Crippen molar-refractivity contribution in [2.45, 2.75) is 32.6 Å². The number of nitrogens with two attached hydrogens (primary N) is 1. The highest BCUT2D eigenvalue weighted by Crippen LogP contribution is 2.33. The maximum absolute atomic E-state index is 13.3. The van der Waals surface area contributed by atoms with Gasteiger partial charge >= 0.3 is 0 Å². The summed E-state index contributed by atoms with van der Waals surface area (Å²) in [4.78, 5) is 2.22. The molecule has 0 spiro atoms. The Labute approximate surface area is 113 Å². The number of halogens is 2. The third-order valence-electron chi connectivity index (χ3n) is 3.72. The van der Waals surface area contributed by atoms with Crippen LogP contribution >= 0.6 is 11.6 Å². The van der Waals surface area contributed by atoms with Gasteiger partial charge in [0.05, 0.1) is 16.4 Å². The Kier molecular flexibility index (Phi) is 4.33. The van der Waals surface area contributed by atoms with Crippen LogP contribution in [0.15, 0.2) is 12.1 Å². The second kappa shape index (κ2) is 5.79. The molecule has 0 aromatic heterocycles. The molecule has 1 fully saturated rings. The summed E-state index contributed by atoms with van der Waals surface area (Å²) in [5, 5.41) is 0.148. The molecule has 1 aliphatic rings.